The second-order valence-corrected chi connectivity index (χ2v) is 6.50. The van der Waals surface area contributed by atoms with Crippen molar-refractivity contribution in [3.05, 3.63) is 41.5 Å². The molecular weight excluding hydrogens is 334 g/mol. The maximum Gasteiger partial charge on any atom is 0.249 e. The van der Waals surface area contributed by atoms with E-state index in [0.29, 0.717) is 18.1 Å². The maximum absolute atomic E-state index is 11.7. The molecule has 1 amide bonds. The number of piperazine rings is 1. The second-order valence-electron chi connectivity index (χ2n) is 6.50. The monoisotopic (exact) mass is 359 g/mol. The number of hydrogen-bond acceptors (Lipinski definition) is 7. The van der Waals surface area contributed by atoms with Crippen LogP contribution in [-0.2, 0) is 11.2 Å². The summed E-state index contributed by atoms with van der Waals surface area (Å²) >= 11 is 0. The van der Waals surface area contributed by atoms with Crippen molar-refractivity contribution in [3.63, 3.8) is 0 Å². The zero-order valence-electron chi connectivity index (χ0n) is 15.4. The summed E-state index contributed by atoms with van der Waals surface area (Å²) < 4.78 is 10.8. The molecule has 1 aliphatic rings. The van der Waals surface area contributed by atoms with Gasteiger partial charge in [0.25, 0.3) is 0 Å². The molecule has 8 heteroatoms. The van der Waals surface area contributed by atoms with Gasteiger partial charge in [-0.15, -0.1) is 0 Å². The zero-order valence-corrected chi connectivity index (χ0v) is 15.4. The van der Waals surface area contributed by atoms with Gasteiger partial charge in [-0.2, -0.15) is 4.98 Å². The SMILES string of the molecule is COc1cccc(CC(NC(C)=O)c2nc(C3CNCCN3C)no2)c1. The molecule has 8 nitrogen and oxygen atoms in total. The topological polar surface area (TPSA) is 92.5 Å². The number of aromatic nitrogens is 2. The largest absolute Gasteiger partial charge is 0.497 e. The second kappa shape index (κ2) is 8.29. The van der Waals surface area contributed by atoms with Gasteiger partial charge in [-0.25, -0.2) is 0 Å². The number of methoxy groups -OCH3 is 1. The smallest absolute Gasteiger partial charge is 0.249 e. The molecule has 1 aromatic heterocycles. The summed E-state index contributed by atoms with van der Waals surface area (Å²) in [4.78, 5) is 18.4. The number of likely N-dealkylation sites (N-methyl/N-ethyl adjacent to an activating group) is 1. The van der Waals surface area contributed by atoms with Gasteiger partial charge in [0.05, 0.1) is 13.2 Å². The van der Waals surface area contributed by atoms with Gasteiger partial charge in [0, 0.05) is 33.0 Å². The van der Waals surface area contributed by atoms with E-state index < -0.39 is 0 Å². The third kappa shape index (κ3) is 4.39. The molecule has 2 N–H and O–H groups in total. The van der Waals surface area contributed by atoms with E-state index in [1.165, 1.54) is 6.92 Å². The summed E-state index contributed by atoms with van der Waals surface area (Å²) in [6.45, 7) is 4.13. The predicted molar refractivity (Wildman–Crippen MR) is 95.8 cm³/mol. The number of rotatable bonds is 6. The summed E-state index contributed by atoms with van der Waals surface area (Å²) in [5.74, 6) is 1.67. The van der Waals surface area contributed by atoms with E-state index in [2.05, 4.69) is 25.7 Å². The number of ether oxygens (including phenoxy) is 1. The van der Waals surface area contributed by atoms with Gasteiger partial charge in [0.15, 0.2) is 5.82 Å². The van der Waals surface area contributed by atoms with Crippen LogP contribution in [0.2, 0.25) is 0 Å². The first-order chi connectivity index (χ1) is 12.6. The van der Waals surface area contributed by atoms with E-state index in [1.54, 1.807) is 7.11 Å². The summed E-state index contributed by atoms with van der Waals surface area (Å²) in [5.41, 5.74) is 1.01. The van der Waals surface area contributed by atoms with Crippen LogP contribution in [0.1, 0.15) is 36.3 Å². The lowest BCUT2D eigenvalue weighted by molar-refractivity contribution is -0.119. The molecule has 0 aliphatic carbocycles. The van der Waals surface area contributed by atoms with Crippen LogP contribution in [0.15, 0.2) is 28.8 Å². The first-order valence-corrected chi connectivity index (χ1v) is 8.71. The van der Waals surface area contributed by atoms with E-state index in [1.807, 2.05) is 31.3 Å². The minimum Gasteiger partial charge on any atom is -0.497 e. The Kier molecular flexibility index (Phi) is 5.85. The van der Waals surface area contributed by atoms with Gasteiger partial charge in [0.1, 0.15) is 11.8 Å². The molecule has 3 rings (SSSR count). The number of carbonyl (C=O) groups is 1. The standard InChI is InChI=1S/C18H25N5O3/c1-12(24)20-15(10-13-5-4-6-14(9-13)25-3)18-21-17(22-26-18)16-11-19-7-8-23(16)2/h4-6,9,15-16,19H,7-8,10-11H2,1-3H3,(H,20,24). The molecule has 2 heterocycles. The van der Waals surface area contributed by atoms with Gasteiger partial charge in [-0.1, -0.05) is 17.3 Å². The highest BCUT2D eigenvalue weighted by atomic mass is 16.5. The van der Waals surface area contributed by atoms with Crippen molar-refractivity contribution in [3.8, 4) is 5.75 Å². The Morgan fingerprint density at radius 1 is 1.54 bits per heavy atom. The highest BCUT2D eigenvalue weighted by Gasteiger charge is 2.28. The molecule has 0 saturated carbocycles. The molecule has 0 spiro atoms. The minimum atomic E-state index is -0.386. The van der Waals surface area contributed by atoms with Crippen molar-refractivity contribution in [2.24, 2.45) is 0 Å². The van der Waals surface area contributed by atoms with E-state index >= 15 is 0 Å². The van der Waals surface area contributed by atoms with Crippen LogP contribution in [0, 0.1) is 0 Å². The molecule has 2 unspecified atom stereocenters. The van der Waals surface area contributed by atoms with Crippen LogP contribution in [0.4, 0.5) is 0 Å². The average molecular weight is 359 g/mol. The van der Waals surface area contributed by atoms with E-state index in [4.69, 9.17) is 9.26 Å². The molecule has 1 aliphatic heterocycles. The van der Waals surface area contributed by atoms with Crippen LogP contribution >= 0.6 is 0 Å². The lowest BCUT2D eigenvalue weighted by atomic mass is 10.1. The molecular formula is C18H25N5O3. The van der Waals surface area contributed by atoms with Gasteiger partial charge in [0.2, 0.25) is 11.8 Å². The Morgan fingerprint density at radius 3 is 3.12 bits per heavy atom. The van der Waals surface area contributed by atoms with Crippen molar-refractivity contribution < 1.29 is 14.1 Å². The molecule has 1 aromatic carbocycles. The first-order valence-electron chi connectivity index (χ1n) is 8.71. The Morgan fingerprint density at radius 2 is 2.38 bits per heavy atom. The first kappa shape index (κ1) is 18.3. The Balaban J connectivity index is 1.80. The van der Waals surface area contributed by atoms with Gasteiger partial charge < -0.3 is 19.9 Å². The summed E-state index contributed by atoms with van der Waals surface area (Å²) in [5, 5.41) is 10.4. The molecule has 2 atom stereocenters. The predicted octanol–water partition coefficient (Wildman–Crippen LogP) is 1.07. The molecule has 0 radical (unpaired) electrons. The highest BCUT2D eigenvalue weighted by Crippen LogP contribution is 2.23. The number of amides is 1. The van der Waals surface area contributed by atoms with Gasteiger partial charge in [-0.3, -0.25) is 9.69 Å². The van der Waals surface area contributed by atoms with Crippen LogP contribution in [0.25, 0.3) is 0 Å². The molecule has 1 saturated heterocycles. The Bertz CT molecular complexity index is 748. The average Bonchev–Trinajstić information content (AvgIpc) is 3.11. The number of carbonyl (C=O) groups excluding carboxylic acids is 1. The van der Waals surface area contributed by atoms with Crippen LogP contribution in [-0.4, -0.2) is 54.7 Å². The van der Waals surface area contributed by atoms with Gasteiger partial charge >= 0.3 is 0 Å². The molecule has 26 heavy (non-hydrogen) atoms. The van der Waals surface area contributed by atoms with Crippen LogP contribution in [0.3, 0.4) is 0 Å². The lowest BCUT2D eigenvalue weighted by Gasteiger charge is -2.30. The number of nitrogens with zero attached hydrogens (tertiary/aromatic N) is 3. The van der Waals surface area contributed by atoms with E-state index in [-0.39, 0.29) is 18.0 Å². The fourth-order valence-electron chi connectivity index (χ4n) is 3.10. The highest BCUT2D eigenvalue weighted by molar-refractivity contribution is 5.73. The third-order valence-electron chi connectivity index (χ3n) is 4.52. The summed E-state index contributed by atoms with van der Waals surface area (Å²) in [6, 6.07) is 7.39. The van der Waals surface area contributed by atoms with E-state index in [9.17, 15) is 4.79 Å². The number of nitrogens with one attached hydrogen (secondary N) is 2. The maximum atomic E-state index is 11.7. The van der Waals surface area contributed by atoms with Gasteiger partial charge in [-0.05, 0) is 24.7 Å². The van der Waals surface area contributed by atoms with Crippen molar-refractivity contribution >= 4 is 5.91 Å². The van der Waals surface area contributed by atoms with Crippen molar-refractivity contribution in [2.75, 3.05) is 33.8 Å². The van der Waals surface area contributed by atoms with Crippen molar-refractivity contribution in [2.45, 2.75) is 25.4 Å². The zero-order chi connectivity index (χ0) is 18.5. The Hall–Kier alpha value is -2.45. The van der Waals surface area contributed by atoms with Crippen molar-refractivity contribution in [1.82, 2.24) is 25.7 Å². The molecule has 0 bridgehead atoms. The lowest BCUT2D eigenvalue weighted by Crippen LogP contribution is -2.44. The molecule has 2 aromatic rings. The number of hydrogen-bond donors (Lipinski definition) is 2. The normalized spacial score (nSPS) is 19.1. The fourth-order valence-corrected chi connectivity index (χ4v) is 3.10. The van der Waals surface area contributed by atoms with Crippen LogP contribution in [0.5, 0.6) is 5.75 Å². The third-order valence-corrected chi connectivity index (χ3v) is 4.52. The van der Waals surface area contributed by atoms with Crippen molar-refractivity contribution in [1.29, 1.82) is 0 Å². The summed E-state index contributed by atoms with van der Waals surface area (Å²) in [7, 11) is 3.67. The minimum absolute atomic E-state index is 0.0658. The fraction of sp³-hybridized carbons (Fsp3) is 0.500. The quantitative estimate of drug-likeness (QED) is 0.797. The molecule has 140 valence electrons. The Labute approximate surface area is 152 Å². The van der Waals surface area contributed by atoms with E-state index in [0.717, 1.165) is 30.9 Å². The molecule has 1 fully saturated rings. The summed E-state index contributed by atoms with van der Waals surface area (Å²) in [6.07, 6.45) is 0.539. The number of benzene rings is 1. The van der Waals surface area contributed by atoms with Crippen LogP contribution < -0.4 is 15.4 Å².